The third kappa shape index (κ3) is 4.77. The average Bonchev–Trinajstić information content (AvgIpc) is 2.60. The predicted molar refractivity (Wildman–Crippen MR) is 88.8 cm³/mol. The smallest absolute Gasteiger partial charge is 0.405 e. The van der Waals surface area contributed by atoms with Crippen LogP contribution in [-0.4, -0.2) is 43.4 Å². The van der Waals surface area contributed by atoms with Crippen LogP contribution >= 0.6 is 0 Å². The SMILES string of the molecule is CN(C)C(=O)c1ccc(NC(=O)COC(=O)c2cccc[n+]2[O-])cc1. The first-order chi connectivity index (χ1) is 11.9. The first kappa shape index (κ1) is 17.9. The molecule has 1 N–H and O–H groups in total. The van der Waals surface area contributed by atoms with Gasteiger partial charge in [0.15, 0.2) is 12.8 Å². The second-order valence-corrected chi connectivity index (χ2v) is 5.31. The number of carbonyl (C=O) groups excluding carboxylic acids is 3. The van der Waals surface area contributed by atoms with Crippen molar-refractivity contribution in [1.82, 2.24) is 4.90 Å². The number of esters is 1. The minimum absolute atomic E-state index is 0.152. The molecule has 0 unspecified atom stereocenters. The summed E-state index contributed by atoms with van der Waals surface area (Å²) in [6.45, 7) is -0.536. The fourth-order valence-corrected chi connectivity index (χ4v) is 1.94. The molecule has 2 amide bonds. The molecule has 2 rings (SSSR count). The molecule has 0 spiro atoms. The van der Waals surface area contributed by atoms with E-state index in [0.717, 1.165) is 6.20 Å². The lowest BCUT2D eigenvalue weighted by Crippen LogP contribution is -2.35. The number of aromatic nitrogens is 1. The Morgan fingerprint density at radius 2 is 1.80 bits per heavy atom. The second-order valence-electron chi connectivity index (χ2n) is 5.31. The zero-order valence-corrected chi connectivity index (χ0v) is 13.8. The maximum atomic E-state index is 11.8. The summed E-state index contributed by atoms with van der Waals surface area (Å²) in [7, 11) is 3.29. The van der Waals surface area contributed by atoms with Gasteiger partial charge in [-0.05, 0) is 30.3 Å². The summed E-state index contributed by atoms with van der Waals surface area (Å²) in [5, 5.41) is 13.9. The highest BCUT2D eigenvalue weighted by molar-refractivity contribution is 5.96. The van der Waals surface area contributed by atoms with Gasteiger partial charge >= 0.3 is 11.7 Å². The Hall–Kier alpha value is -3.42. The van der Waals surface area contributed by atoms with Gasteiger partial charge < -0.3 is 20.2 Å². The van der Waals surface area contributed by atoms with Gasteiger partial charge in [-0.25, -0.2) is 4.79 Å². The highest BCUT2D eigenvalue weighted by Gasteiger charge is 2.18. The van der Waals surface area contributed by atoms with E-state index in [4.69, 9.17) is 4.74 Å². The van der Waals surface area contributed by atoms with Gasteiger partial charge in [-0.3, -0.25) is 9.59 Å². The van der Waals surface area contributed by atoms with Crippen molar-refractivity contribution in [2.45, 2.75) is 0 Å². The second kappa shape index (κ2) is 7.91. The van der Waals surface area contributed by atoms with E-state index in [2.05, 4.69) is 5.32 Å². The van der Waals surface area contributed by atoms with Crippen LogP contribution in [0.2, 0.25) is 0 Å². The van der Waals surface area contributed by atoms with Gasteiger partial charge in [0.05, 0.1) is 0 Å². The summed E-state index contributed by atoms with van der Waals surface area (Å²) in [5.74, 6) is -1.60. The minimum atomic E-state index is -0.891. The van der Waals surface area contributed by atoms with E-state index in [-0.39, 0.29) is 11.6 Å². The number of nitrogens with zero attached hydrogens (tertiary/aromatic N) is 2. The average molecular weight is 343 g/mol. The number of carbonyl (C=O) groups is 3. The fourth-order valence-electron chi connectivity index (χ4n) is 1.94. The molecule has 8 nitrogen and oxygen atoms in total. The molecule has 0 aliphatic carbocycles. The van der Waals surface area contributed by atoms with Gasteiger partial charge in [-0.15, -0.1) is 0 Å². The number of amides is 2. The molecule has 0 saturated carbocycles. The number of hydrogen-bond donors (Lipinski definition) is 1. The predicted octanol–water partition coefficient (Wildman–Crippen LogP) is 0.817. The van der Waals surface area contributed by atoms with Gasteiger partial charge in [-0.1, -0.05) is 0 Å². The van der Waals surface area contributed by atoms with Crippen molar-refractivity contribution in [3.8, 4) is 0 Å². The van der Waals surface area contributed by atoms with Gasteiger partial charge in [-0.2, -0.15) is 4.73 Å². The highest BCUT2D eigenvalue weighted by atomic mass is 16.5. The number of ether oxygens (including phenoxy) is 1. The van der Waals surface area contributed by atoms with Crippen LogP contribution in [0, 0.1) is 5.21 Å². The van der Waals surface area contributed by atoms with E-state index in [0.29, 0.717) is 16.0 Å². The first-order valence-electron chi connectivity index (χ1n) is 7.35. The number of anilines is 1. The zero-order valence-electron chi connectivity index (χ0n) is 13.8. The Bertz CT molecular complexity index is 787. The van der Waals surface area contributed by atoms with Crippen molar-refractivity contribution in [2.75, 3.05) is 26.0 Å². The van der Waals surface area contributed by atoms with Crippen LogP contribution in [0.25, 0.3) is 0 Å². The van der Waals surface area contributed by atoms with Gasteiger partial charge in [0.25, 0.3) is 11.8 Å². The summed E-state index contributed by atoms with van der Waals surface area (Å²) < 4.78 is 5.17. The molecule has 0 saturated heterocycles. The van der Waals surface area contributed by atoms with Gasteiger partial charge in [0.1, 0.15) is 0 Å². The standard InChI is InChI=1S/C17H17N3O5/c1-19(2)16(22)12-6-8-13(9-7-12)18-15(21)11-25-17(23)14-5-3-4-10-20(14)24/h3-10H,11H2,1-2H3,(H,18,21). The number of pyridine rings is 1. The molecule has 1 aromatic carbocycles. The van der Waals surface area contributed by atoms with Crippen LogP contribution in [0.3, 0.4) is 0 Å². The molecule has 1 aromatic heterocycles. The largest absolute Gasteiger partial charge is 0.618 e. The zero-order chi connectivity index (χ0) is 18.4. The molecule has 130 valence electrons. The Balaban J connectivity index is 1.89. The van der Waals surface area contributed by atoms with Crippen LogP contribution in [0.15, 0.2) is 48.7 Å². The molecule has 25 heavy (non-hydrogen) atoms. The van der Waals surface area contributed by atoms with Crippen LogP contribution in [0.5, 0.6) is 0 Å². The first-order valence-corrected chi connectivity index (χ1v) is 7.35. The molecule has 0 aliphatic rings. The molecule has 0 radical (unpaired) electrons. The molecule has 0 atom stereocenters. The van der Waals surface area contributed by atoms with Crippen molar-refractivity contribution in [3.63, 3.8) is 0 Å². The van der Waals surface area contributed by atoms with Gasteiger partial charge in [0.2, 0.25) is 0 Å². The highest BCUT2D eigenvalue weighted by Crippen LogP contribution is 2.10. The number of nitrogens with one attached hydrogen (secondary N) is 1. The lowest BCUT2D eigenvalue weighted by atomic mass is 10.2. The van der Waals surface area contributed by atoms with E-state index >= 15 is 0 Å². The number of rotatable bonds is 5. The van der Waals surface area contributed by atoms with Crippen LogP contribution < -0.4 is 10.0 Å². The van der Waals surface area contributed by atoms with Crippen molar-refractivity contribution in [1.29, 1.82) is 0 Å². The van der Waals surface area contributed by atoms with Gasteiger partial charge in [0, 0.05) is 37.5 Å². The Morgan fingerprint density at radius 1 is 1.12 bits per heavy atom. The molecule has 0 bridgehead atoms. The third-order valence-electron chi connectivity index (χ3n) is 3.19. The molecule has 0 aliphatic heterocycles. The summed E-state index contributed by atoms with van der Waals surface area (Å²) >= 11 is 0. The topological polar surface area (TPSA) is 103 Å². The van der Waals surface area contributed by atoms with Crippen LogP contribution in [0.4, 0.5) is 5.69 Å². The summed E-state index contributed by atoms with van der Waals surface area (Å²) in [6, 6.07) is 10.6. The van der Waals surface area contributed by atoms with E-state index < -0.39 is 18.5 Å². The van der Waals surface area contributed by atoms with E-state index in [1.54, 1.807) is 38.4 Å². The van der Waals surface area contributed by atoms with Crippen molar-refractivity contribution in [3.05, 3.63) is 65.1 Å². The Kier molecular flexibility index (Phi) is 5.67. The third-order valence-corrected chi connectivity index (χ3v) is 3.19. The summed E-state index contributed by atoms with van der Waals surface area (Å²) in [5.41, 5.74) is 0.732. The summed E-state index contributed by atoms with van der Waals surface area (Å²) in [4.78, 5) is 36.8. The maximum absolute atomic E-state index is 11.8. The molecular formula is C17H17N3O5. The lowest BCUT2D eigenvalue weighted by Gasteiger charge is -2.11. The molecular weight excluding hydrogens is 326 g/mol. The van der Waals surface area contributed by atoms with E-state index in [9.17, 15) is 19.6 Å². The quantitative estimate of drug-likeness (QED) is 0.492. The Labute approximate surface area is 144 Å². The minimum Gasteiger partial charge on any atom is -0.618 e. The maximum Gasteiger partial charge on any atom is 0.405 e. The normalized spacial score (nSPS) is 10.0. The lowest BCUT2D eigenvalue weighted by molar-refractivity contribution is -0.608. The van der Waals surface area contributed by atoms with Crippen molar-refractivity contribution >= 4 is 23.5 Å². The van der Waals surface area contributed by atoms with E-state index in [1.807, 2.05) is 0 Å². The molecule has 2 aromatic rings. The number of hydrogen-bond acceptors (Lipinski definition) is 5. The summed E-state index contributed by atoms with van der Waals surface area (Å²) in [6.07, 6.45) is 1.16. The monoisotopic (exact) mass is 343 g/mol. The van der Waals surface area contributed by atoms with E-state index in [1.165, 1.54) is 23.1 Å². The number of benzene rings is 1. The van der Waals surface area contributed by atoms with Crippen LogP contribution in [0.1, 0.15) is 20.8 Å². The molecule has 0 fully saturated rings. The van der Waals surface area contributed by atoms with Crippen LogP contribution in [-0.2, 0) is 9.53 Å². The molecule has 1 heterocycles. The van der Waals surface area contributed by atoms with Crippen molar-refractivity contribution < 1.29 is 23.9 Å². The van der Waals surface area contributed by atoms with Crippen molar-refractivity contribution in [2.24, 2.45) is 0 Å². The fraction of sp³-hybridized carbons (Fsp3) is 0.176. The molecule has 8 heteroatoms. The Morgan fingerprint density at radius 3 is 2.40 bits per heavy atom.